The van der Waals surface area contributed by atoms with Gasteiger partial charge in [-0.1, -0.05) is 12.1 Å². The number of aromatic carboxylic acids is 1. The summed E-state index contributed by atoms with van der Waals surface area (Å²) in [6.45, 7) is 1.51. The lowest BCUT2D eigenvalue weighted by Gasteiger charge is -2.19. The topological polar surface area (TPSA) is 74.7 Å². The Kier molecular flexibility index (Phi) is 3.54. The molecule has 0 aliphatic heterocycles. The number of carbonyl (C=O) groups is 1. The summed E-state index contributed by atoms with van der Waals surface area (Å²) in [5, 5.41) is 8.93. The number of carboxylic acids is 1. The van der Waals surface area contributed by atoms with E-state index in [1.165, 1.54) is 26.1 Å². The second kappa shape index (κ2) is 4.52. The maximum absolute atomic E-state index is 11.6. The van der Waals surface area contributed by atoms with Crippen LogP contribution in [0.5, 0.6) is 0 Å². The Labute approximate surface area is 94.4 Å². The zero-order chi connectivity index (χ0) is 12.3. The second-order valence-electron chi connectivity index (χ2n) is 3.19. The van der Waals surface area contributed by atoms with Gasteiger partial charge in [-0.2, -0.15) is 0 Å². The summed E-state index contributed by atoms with van der Waals surface area (Å²) < 4.78 is 24.2. The number of benzene rings is 1. The summed E-state index contributed by atoms with van der Waals surface area (Å²) in [7, 11) is -2.09. The first kappa shape index (κ1) is 12.5. The third-order valence-electron chi connectivity index (χ3n) is 2.26. The fourth-order valence-corrected chi connectivity index (χ4v) is 2.12. The van der Waals surface area contributed by atoms with E-state index in [-0.39, 0.29) is 17.0 Å². The van der Waals surface area contributed by atoms with Crippen LogP contribution >= 0.6 is 0 Å². The first-order chi connectivity index (χ1) is 7.40. The van der Waals surface area contributed by atoms with Gasteiger partial charge in [0, 0.05) is 7.05 Å². The smallest absolute Gasteiger partial charge is 0.337 e. The maximum Gasteiger partial charge on any atom is 0.337 e. The van der Waals surface area contributed by atoms with E-state index in [9.17, 15) is 13.2 Å². The van der Waals surface area contributed by atoms with E-state index in [1.807, 2.05) is 0 Å². The van der Waals surface area contributed by atoms with Gasteiger partial charge < -0.3 is 5.11 Å². The number of para-hydroxylation sites is 1. The predicted molar refractivity (Wildman–Crippen MR) is 61.3 cm³/mol. The van der Waals surface area contributed by atoms with Crippen molar-refractivity contribution < 1.29 is 18.3 Å². The quantitative estimate of drug-likeness (QED) is 0.861. The molecule has 0 atom stereocenters. The second-order valence-corrected chi connectivity index (χ2v) is 5.48. The van der Waals surface area contributed by atoms with Crippen molar-refractivity contribution in [3.8, 4) is 0 Å². The molecular weight excluding hydrogens is 230 g/mol. The Morgan fingerprint density at radius 1 is 1.38 bits per heavy atom. The van der Waals surface area contributed by atoms with Crippen molar-refractivity contribution in [3.05, 3.63) is 29.8 Å². The Balaban J connectivity index is 3.29. The standard InChI is InChI=1S/C10H13NO4S/c1-3-16(14,15)11(2)9-7-5-4-6-8(9)10(12)13/h4-7H,3H2,1-2H3,(H,12,13). The lowest BCUT2D eigenvalue weighted by atomic mass is 10.2. The molecule has 1 N–H and O–H groups in total. The molecule has 5 nitrogen and oxygen atoms in total. The van der Waals surface area contributed by atoms with E-state index in [0.29, 0.717) is 0 Å². The average Bonchev–Trinajstić information content (AvgIpc) is 2.28. The molecule has 1 rings (SSSR count). The van der Waals surface area contributed by atoms with Crippen LogP contribution in [-0.2, 0) is 10.0 Å². The van der Waals surface area contributed by atoms with E-state index in [0.717, 1.165) is 4.31 Å². The fourth-order valence-electron chi connectivity index (χ4n) is 1.27. The highest BCUT2D eigenvalue weighted by Crippen LogP contribution is 2.21. The van der Waals surface area contributed by atoms with Gasteiger partial charge in [0.25, 0.3) is 0 Å². The Morgan fingerprint density at radius 3 is 2.44 bits per heavy atom. The SMILES string of the molecule is CCS(=O)(=O)N(C)c1ccccc1C(=O)O. The summed E-state index contributed by atoms with van der Waals surface area (Å²) in [5.41, 5.74) is 0.152. The number of sulfonamides is 1. The monoisotopic (exact) mass is 243 g/mol. The van der Waals surface area contributed by atoms with Crippen molar-refractivity contribution in [1.82, 2.24) is 0 Å². The maximum atomic E-state index is 11.6. The molecule has 6 heteroatoms. The minimum absolute atomic E-state index is 0.0259. The molecule has 0 aliphatic carbocycles. The van der Waals surface area contributed by atoms with Crippen LogP contribution in [0.2, 0.25) is 0 Å². The molecule has 0 aliphatic rings. The van der Waals surface area contributed by atoms with Gasteiger partial charge in [-0.05, 0) is 19.1 Å². The number of anilines is 1. The number of carboxylic acid groups (broad SMARTS) is 1. The summed E-state index contributed by atoms with van der Waals surface area (Å²) in [6, 6.07) is 6.00. The summed E-state index contributed by atoms with van der Waals surface area (Å²) >= 11 is 0. The molecule has 0 aromatic heterocycles. The summed E-state index contributed by atoms with van der Waals surface area (Å²) in [5.74, 6) is -1.22. The van der Waals surface area contributed by atoms with Gasteiger partial charge in [0.1, 0.15) is 0 Å². The van der Waals surface area contributed by atoms with Crippen LogP contribution in [0.15, 0.2) is 24.3 Å². The van der Waals surface area contributed by atoms with Crippen molar-refractivity contribution >= 4 is 21.7 Å². The van der Waals surface area contributed by atoms with Gasteiger partial charge in [0.2, 0.25) is 10.0 Å². The highest BCUT2D eigenvalue weighted by Gasteiger charge is 2.20. The molecule has 0 saturated heterocycles. The van der Waals surface area contributed by atoms with E-state index >= 15 is 0 Å². The third kappa shape index (κ3) is 2.33. The molecule has 1 aromatic carbocycles. The highest BCUT2D eigenvalue weighted by atomic mass is 32.2. The van der Waals surface area contributed by atoms with Crippen LogP contribution in [-0.4, -0.2) is 32.3 Å². The van der Waals surface area contributed by atoms with Gasteiger partial charge in [-0.3, -0.25) is 4.31 Å². The van der Waals surface area contributed by atoms with Crippen molar-refractivity contribution in [3.63, 3.8) is 0 Å². The first-order valence-corrected chi connectivity index (χ1v) is 6.30. The normalized spacial score (nSPS) is 11.1. The number of hydrogen-bond acceptors (Lipinski definition) is 3. The number of nitrogens with zero attached hydrogens (tertiary/aromatic N) is 1. The molecule has 0 radical (unpaired) electrons. The molecule has 0 saturated carbocycles. The molecule has 0 unspecified atom stereocenters. The Hall–Kier alpha value is -1.56. The lowest BCUT2D eigenvalue weighted by Crippen LogP contribution is -2.29. The number of rotatable bonds is 4. The molecule has 16 heavy (non-hydrogen) atoms. The van der Waals surface area contributed by atoms with Gasteiger partial charge in [0.05, 0.1) is 17.0 Å². The minimum Gasteiger partial charge on any atom is -0.478 e. The Bertz CT molecular complexity index is 495. The van der Waals surface area contributed by atoms with Crippen LogP contribution in [0.4, 0.5) is 5.69 Å². The van der Waals surface area contributed by atoms with Crippen LogP contribution in [0.3, 0.4) is 0 Å². The van der Waals surface area contributed by atoms with Gasteiger partial charge in [0.15, 0.2) is 0 Å². The van der Waals surface area contributed by atoms with Gasteiger partial charge in [-0.25, -0.2) is 13.2 Å². The van der Waals surface area contributed by atoms with Crippen LogP contribution in [0.1, 0.15) is 17.3 Å². The first-order valence-electron chi connectivity index (χ1n) is 4.69. The van der Waals surface area contributed by atoms with Crippen molar-refractivity contribution in [1.29, 1.82) is 0 Å². The zero-order valence-electron chi connectivity index (χ0n) is 9.04. The van der Waals surface area contributed by atoms with Crippen LogP contribution in [0.25, 0.3) is 0 Å². The predicted octanol–water partition coefficient (Wildman–Crippen LogP) is 1.17. The molecule has 0 amide bonds. The van der Waals surface area contributed by atoms with Gasteiger partial charge in [-0.15, -0.1) is 0 Å². The molecule has 1 aromatic rings. The van der Waals surface area contributed by atoms with E-state index < -0.39 is 16.0 Å². The molecule has 0 spiro atoms. The number of hydrogen-bond donors (Lipinski definition) is 1. The zero-order valence-corrected chi connectivity index (χ0v) is 9.86. The summed E-state index contributed by atoms with van der Waals surface area (Å²) in [6.07, 6.45) is 0. The molecular formula is C10H13NO4S. The van der Waals surface area contributed by atoms with Crippen molar-refractivity contribution in [2.24, 2.45) is 0 Å². The van der Waals surface area contributed by atoms with Crippen molar-refractivity contribution in [2.45, 2.75) is 6.92 Å². The summed E-state index contributed by atoms with van der Waals surface area (Å²) in [4.78, 5) is 10.9. The minimum atomic E-state index is -3.44. The third-order valence-corrected chi connectivity index (χ3v) is 4.02. The van der Waals surface area contributed by atoms with E-state index in [2.05, 4.69) is 0 Å². The average molecular weight is 243 g/mol. The lowest BCUT2D eigenvalue weighted by molar-refractivity contribution is 0.0698. The van der Waals surface area contributed by atoms with Gasteiger partial charge >= 0.3 is 5.97 Å². The molecule has 0 fully saturated rings. The van der Waals surface area contributed by atoms with E-state index in [4.69, 9.17) is 5.11 Å². The van der Waals surface area contributed by atoms with Crippen LogP contribution < -0.4 is 4.31 Å². The molecule has 88 valence electrons. The van der Waals surface area contributed by atoms with Crippen molar-refractivity contribution in [2.75, 3.05) is 17.1 Å². The molecule has 0 heterocycles. The fraction of sp³-hybridized carbons (Fsp3) is 0.300. The molecule has 0 bridgehead atoms. The highest BCUT2D eigenvalue weighted by molar-refractivity contribution is 7.92. The van der Waals surface area contributed by atoms with Crippen LogP contribution in [0, 0.1) is 0 Å². The largest absolute Gasteiger partial charge is 0.478 e. The van der Waals surface area contributed by atoms with E-state index in [1.54, 1.807) is 12.1 Å². The Morgan fingerprint density at radius 2 is 1.94 bits per heavy atom.